The summed E-state index contributed by atoms with van der Waals surface area (Å²) < 4.78 is 5.22. The van der Waals surface area contributed by atoms with E-state index in [9.17, 15) is 9.90 Å². The van der Waals surface area contributed by atoms with Crippen LogP contribution in [0.3, 0.4) is 0 Å². The number of aliphatic hydroxyl groups is 1. The van der Waals surface area contributed by atoms with Gasteiger partial charge < -0.3 is 9.52 Å². The Morgan fingerprint density at radius 3 is 3.15 bits per heavy atom. The predicted molar refractivity (Wildman–Crippen MR) is 46.5 cm³/mol. The second-order valence-corrected chi connectivity index (χ2v) is 3.49. The third kappa shape index (κ3) is 1.29. The smallest absolute Gasteiger partial charge is 0.140 e. The van der Waals surface area contributed by atoms with E-state index in [0.29, 0.717) is 6.42 Å². The Morgan fingerprint density at radius 2 is 2.46 bits per heavy atom. The number of carbonyl (C=O) groups is 1. The zero-order valence-electron chi connectivity index (χ0n) is 7.49. The van der Waals surface area contributed by atoms with Crippen LogP contribution in [-0.2, 0) is 11.2 Å². The summed E-state index contributed by atoms with van der Waals surface area (Å²) in [5, 5.41) is 9.64. The number of fused-ring (bicyclic) bond motifs is 1. The highest BCUT2D eigenvalue weighted by atomic mass is 16.3. The molecule has 1 aromatic heterocycles. The van der Waals surface area contributed by atoms with Gasteiger partial charge in [-0.15, -0.1) is 0 Å². The van der Waals surface area contributed by atoms with Crippen LogP contribution in [0.25, 0.3) is 0 Å². The minimum absolute atomic E-state index is 0.00912. The Labute approximate surface area is 76.4 Å². The lowest BCUT2D eigenvalue weighted by Gasteiger charge is -2.24. The van der Waals surface area contributed by atoms with Crippen molar-refractivity contribution in [2.24, 2.45) is 0 Å². The minimum atomic E-state index is -0.539. The van der Waals surface area contributed by atoms with Gasteiger partial charge in [0.2, 0.25) is 0 Å². The van der Waals surface area contributed by atoms with Crippen LogP contribution in [-0.4, -0.2) is 17.0 Å². The van der Waals surface area contributed by atoms with E-state index in [2.05, 4.69) is 0 Å². The van der Waals surface area contributed by atoms with E-state index in [-0.39, 0.29) is 11.7 Å². The Hall–Kier alpha value is -1.09. The summed E-state index contributed by atoms with van der Waals surface area (Å²) >= 11 is 0. The molecule has 2 rings (SSSR count). The molecule has 1 heterocycles. The minimum Gasteiger partial charge on any atom is -0.469 e. The fourth-order valence-corrected chi connectivity index (χ4v) is 1.97. The number of hydrogen-bond acceptors (Lipinski definition) is 3. The highest BCUT2D eigenvalue weighted by molar-refractivity contribution is 5.84. The molecule has 0 spiro atoms. The molecule has 0 bridgehead atoms. The van der Waals surface area contributed by atoms with Crippen LogP contribution in [0.15, 0.2) is 16.7 Å². The molecule has 0 aromatic carbocycles. The summed E-state index contributed by atoms with van der Waals surface area (Å²) in [5.41, 5.74) is 0.867. The van der Waals surface area contributed by atoms with Crippen molar-refractivity contribution in [1.82, 2.24) is 0 Å². The Morgan fingerprint density at radius 1 is 1.69 bits per heavy atom. The molecule has 0 saturated heterocycles. The van der Waals surface area contributed by atoms with Crippen LogP contribution in [0.1, 0.15) is 30.6 Å². The number of aliphatic hydroxyl groups excluding tert-OH is 1. The molecular formula is C10H12O3. The SMILES string of the molecule is CC(=O)C1c2ccoc2CCC1O. The van der Waals surface area contributed by atoms with Gasteiger partial charge in [0, 0.05) is 12.0 Å². The van der Waals surface area contributed by atoms with Gasteiger partial charge in [-0.25, -0.2) is 0 Å². The maximum atomic E-state index is 11.3. The molecule has 0 amide bonds. The maximum Gasteiger partial charge on any atom is 0.140 e. The lowest BCUT2D eigenvalue weighted by atomic mass is 9.82. The standard InChI is InChI=1S/C10H12O3/c1-6(11)10-7-4-5-13-9(7)3-2-8(10)12/h4-5,8,10,12H,2-3H2,1H3. The van der Waals surface area contributed by atoms with Crippen LogP contribution in [0.5, 0.6) is 0 Å². The van der Waals surface area contributed by atoms with Crippen molar-refractivity contribution in [3.8, 4) is 0 Å². The zero-order chi connectivity index (χ0) is 9.42. The maximum absolute atomic E-state index is 11.3. The van der Waals surface area contributed by atoms with Gasteiger partial charge in [-0.2, -0.15) is 0 Å². The van der Waals surface area contributed by atoms with Crippen molar-refractivity contribution >= 4 is 5.78 Å². The van der Waals surface area contributed by atoms with Crippen LogP contribution >= 0.6 is 0 Å². The Balaban J connectivity index is 2.41. The molecule has 3 heteroatoms. The van der Waals surface area contributed by atoms with Crippen molar-refractivity contribution < 1.29 is 14.3 Å². The van der Waals surface area contributed by atoms with E-state index in [4.69, 9.17) is 4.42 Å². The molecule has 1 aliphatic rings. The van der Waals surface area contributed by atoms with Crippen molar-refractivity contribution in [3.05, 3.63) is 23.7 Å². The van der Waals surface area contributed by atoms with Crippen molar-refractivity contribution in [1.29, 1.82) is 0 Å². The second-order valence-electron chi connectivity index (χ2n) is 3.49. The van der Waals surface area contributed by atoms with Gasteiger partial charge in [0.15, 0.2) is 0 Å². The third-order valence-corrected chi connectivity index (χ3v) is 2.60. The topological polar surface area (TPSA) is 50.4 Å². The highest BCUT2D eigenvalue weighted by Crippen LogP contribution is 2.33. The van der Waals surface area contributed by atoms with Crippen LogP contribution in [0.2, 0.25) is 0 Å². The number of carbonyl (C=O) groups excluding carboxylic acids is 1. The number of Topliss-reactive ketones (excluding diaryl/α,β-unsaturated/α-hetero) is 1. The van der Waals surface area contributed by atoms with E-state index in [1.807, 2.05) is 0 Å². The number of furan rings is 1. The first-order valence-electron chi connectivity index (χ1n) is 4.45. The zero-order valence-corrected chi connectivity index (χ0v) is 7.49. The van der Waals surface area contributed by atoms with E-state index in [0.717, 1.165) is 17.7 Å². The summed E-state index contributed by atoms with van der Waals surface area (Å²) in [6.45, 7) is 1.51. The number of aryl methyl sites for hydroxylation is 1. The average molecular weight is 180 g/mol. The fourth-order valence-electron chi connectivity index (χ4n) is 1.97. The molecule has 3 nitrogen and oxygen atoms in total. The average Bonchev–Trinajstić information content (AvgIpc) is 2.50. The molecular weight excluding hydrogens is 168 g/mol. The molecule has 0 fully saturated rings. The molecule has 1 N–H and O–H groups in total. The Kier molecular flexibility index (Phi) is 1.96. The van der Waals surface area contributed by atoms with Crippen LogP contribution < -0.4 is 0 Å². The molecule has 0 aliphatic heterocycles. The number of ketones is 1. The normalized spacial score (nSPS) is 26.9. The number of hydrogen-bond donors (Lipinski definition) is 1. The summed E-state index contributed by atoms with van der Waals surface area (Å²) in [7, 11) is 0. The molecule has 0 radical (unpaired) electrons. The first-order chi connectivity index (χ1) is 6.20. The molecule has 1 aromatic rings. The van der Waals surface area contributed by atoms with E-state index < -0.39 is 6.10 Å². The molecule has 13 heavy (non-hydrogen) atoms. The first kappa shape index (κ1) is 8.51. The Bertz CT molecular complexity index is 327. The predicted octanol–water partition coefficient (Wildman–Crippen LogP) is 1.26. The second kappa shape index (κ2) is 3.00. The van der Waals surface area contributed by atoms with Crippen molar-refractivity contribution in [2.75, 3.05) is 0 Å². The lowest BCUT2D eigenvalue weighted by molar-refractivity contribution is -0.121. The summed E-state index contributed by atoms with van der Waals surface area (Å²) in [5.74, 6) is 0.489. The molecule has 70 valence electrons. The van der Waals surface area contributed by atoms with Crippen molar-refractivity contribution in [3.63, 3.8) is 0 Å². The van der Waals surface area contributed by atoms with Gasteiger partial charge in [0.05, 0.1) is 18.3 Å². The van der Waals surface area contributed by atoms with Gasteiger partial charge in [-0.3, -0.25) is 4.79 Å². The molecule has 0 saturated carbocycles. The third-order valence-electron chi connectivity index (χ3n) is 2.60. The van der Waals surface area contributed by atoms with E-state index in [1.54, 1.807) is 12.3 Å². The van der Waals surface area contributed by atoms with Gasteiger partial charge in [0.1, 0.15) is 11.5 Å². The van der Waals surface area contributed by atoms with Gasteiger partial charge in [-0.1, -0.05) is 0 Å². The molecule has 1 aliphatic carbocycles. The van der Waals surface area contributed by atoms with Crippen molar-refractivity contribution in [2.45, 2.75) is 31.8 Å². The summed E-state index contributed by atoms with van der Waals surface area (Å²) in [4.78, 5) is 11.3. The molecule has 2 unspecified atom stereocenters. The van der Waals surface area contributed by atoms with Gasteiger partial charge in [0.25, 0.3) is 0 Å². The van der Waals surface area contributed by atoms with Gasteiger partial charge in [-0.05, 0) is 19.4 Å². The number of rotatable bonds is 1. The van der Waals surface area contributed by atoms with Gasteiger partial charge >= 0.3 is 0 Å². The summed E-state index contributed by atoms with van der Waals surface area (Å²) in [6, 6.07) is 1.78. The quantitative estimate of drug-likeness (QED) is 0.707. The first-order valence-corrected chi connectivity index (χ1v) is 4.45. The molecule has 2 atom stereocenters. The van der Waals surface area contributed by atoms with Crippen LogP contribution in [0, 0.1) is 0 Å². The van der Waals surface area contributed by atoms with Crippen LogP contribution in [0.4, 0.5) is 0 Å². The largest absolute Gasteiger partial charge is 0.469 e. The summed E-state index contributed by atoms with van der Waals surface area (Å²) in [6.07, 6.45) is 2.39. The van der Waals surface area contributed by atoms with E-state index >= 15 is 0 Å². The monoisotopic (exact) mass is 180 g/mol. The lowest BCUT2D eigenvalue weighted by Crippen LogP contribution is -2.29. The van der Waals surface area contributed by atoms with E-state index in [1.165, 1.54) is 6.92 Å². The fraction of sp³-hybridized carbons (Fsp3) is 0.500. The highest BCUT2D eigenvalue weighted by Gasteiger charge is 2.33.